The number of halogens is 3. The Morgan fingerprint density at radius 1 is 1.30 bits per heavy atom. The fourth-order valence-electron chi connectivity index (χ4n) is 1.74. The van der Waals surface area contributed by atoms with Gasteiger partial charge in [0.25, 0.3) is 5.91 Å². The third kappa shape index (κ3) is 3.11. The molecule has 0 bridgehead atoms. The van der Waals surface area contributed by atoms with Gasteiger partial charge in [-0.05, 0) is 23.8 Å². The summed E-state index contributed by atoms with van der Waals surface area (Å²) >= 11 is 5.89. The number of hydrogen-bond acceptors (Lipinski definition) is 2. The minimum absolute atomic E-state index is 0.148. The van der Waals surface area contributed by atoms with Gasteiger partial charge < -0.3 is 4.90 Å². The molecule has 0 fully saturated rings. The first kappa shape index (κ1) is 14.4. The first-order valence-electron chi connectivity index (χ1n) is 5.78. The fourth-order valence-corrected chi connectivity index (χ4v) is 1.94. The highest BCUT2D eigenvalue weighted by atomic mass is 35.5. The van der Waals surface area contributed by atoms with Crippen molar-refractivity contribution in [3.8, 4) is 0 Å². The lowest BCUT2D eigenvalue weighted by Gasteiger charge is -2.18. The van der Waals surface area contributed by atoms with Crippen LogP contribution in [0.15, 0.2) is 36.7 Å². The second-order valence-electron chi connectivity index (χ2n) is 4.27. The van der Waals surface area contributed by atoms with E-state index in [1.165, 1.54) is 29.4 Å². The quantitative estimate of drug-likeness (QED) is 0.871. The molecule has 0 spiro atoms. The molecule has 2 rings (SSSR count). The van der Waals surface area contributed by atoms with Gasteiger partial charge in [-0.1, -0.05) is 17.7 Å². The average Bonchev–Trinajstić information content (AvgIpc) is 2.42. The van der Waals surface area contributed by atoms with E-state index >= 15 is 0 Å². The lowest BCUT2D eigenvalue weighted by molar-refractivity contribution is 0.0785. The van der Waals surface area contributed by atoms with Crippen LogP contribution in [0.3, 0.4) is 0 Å². The van der Waals surface area contributed by atoms with Crippen molar-refractivity contribution >= 4 is 17.5 Å². The van der Waals surface area contributed by atoms with Gasteiger partial charge in [0.2, 0.25) is 0 Å². The van der Waals surface area contributed by atoms with Crippen molar-refractivity contribution in [1.29, 1.82) is 0 Å². The van der Waals surface area contributed by atoms with E-state index in [9.17, 15) is 13.6 Å². The number of rotatable bonds is 3. The summed E-state index contributed by atoms with van der Waals surface area (Å²) in [7, 11) is 1.56. The van der Waals surface area contributed by atoms with Crippen molar-refractivity contribution in [3.63, 3.8) is 0 Å². The molecular formula is C14H11ClF2N2O. The first-order chi connectivity index (χ1) is 9.49. The van der Waals surface area contributed by atoms with Crippen LogP contribution in [-0.2, 0) is 6.54 Å². The van der Waals surface area contributed by atoms with E-state index in [0.717, 1.165) is 12.1 Å². The summed E-state index contributed by atoms with van der Waals surface area (Å²) < 4.78 is 25.9. The number of carbonyl (C=O) groups is 1. The molecular weight excluding hydrogens is 286 g/mol. The third-order valence-corrected chi connectivity index (χ3v) is 3.05. The number of amides is 1. The number of nitrogens with zero attached hydrogens (tertiary/aromatic N) is 2. The Morgan fingerprint density at radius 2 is 2.05 bits per heavy atom. The van der Waals surface area contributed by atoms with Gasteiger partial charge in [-0.3, -0.25) is 9.78 Å². The van der Waals surface area contributed by atoms with Gasteiger partial charge in [-0.2, -0.15) is 0 Å². The van der Waals surface area contributed by atoms with Gasteiger partial charge in [0.15, 0.2) is 11.6 Å². The van der Waals surface area contributed by atoms with Crippen molar-refractivity contribution in [3.05, 3.63) is 64.4 Å². The SMILES string of the molecule is CN(Cc1ccc(F)c(F)c1)C(=O)c1ccncc1Cl. The molecule has 0 saturated heterocycles. The number of carbonyl (C=O) groups excluding carboxylic acids is 1. The van der Waals surface area contributed by atoms with Crippen LogP contribution in [0.5, 0.6) is 0 Å². The van der Waals surface area contributed by atoms with E-state index in [-0.39, 0.29) is 17.5 Å². The first-order valence-corrected chi connectivity index (χ1v) is 6.15. The highest BCUT2D eigenvalue weighted by Crippen LogP contribution is 2.17. The zero-order valence-corrected chi connectivity index (χ0v) is 11.4. The molecule has 2 aromatic rings. The maximum absolute atomic E-state index is 13.1. The Balaban J connectivity index is 2.15. The van der Waals surface area contributed by atoms with Crippen molar-refractivity contribution in [1.82, 2.24) is 9.88 Å². The lowest BCUT2D eigenvalue weighted by atomic mass is 10.2. The number of aromatic nitrogens is 1. The van der Waals surface area contributed by atoms with E-state index in [1.54, 1.807) is 7.05 Å². The summed E-state index contributed by atoms with van der Waals surface area (Å²) in [6.45, 7) is 0.148. The summed E-state index contributed by atoms with van der Waals surface area (Å²) in [5.74, 6) is -2.17. The van der Waals surface area contributed by atoms with E-state index in [0.29, 0.717) is 11.1 Å². The molecule has 104 valence electrons. The zero-order valence-electron chi connectivity index (χ0n) is 10.6. The standard InChI is InChI=1S/C14H11ClF2N2O/c1-19(8-9-2-3-12(16)13(17)6-9)14(20)10-4-5-18-7-11(10)15/h2-7H,8H2,1H3. The van der Waals surface area contributed by atoms with Gasteiger partial charge in [-0.25, -0.2) is 8.78 Å². The molecule has 1 heterocycles. The van der Waals surface area contributed by atoms with E-state index in [1.807, 2.05) is 0 Å². The van der Waals surface area contributed by atoms with Crippen LogP contribution in [-0.4, -0.2) is 22.8 Å². The molecule has 0 saturated carbocycles. The van der Waals surface area contributed by atoms with Gasteiger partial charge in [0.1, 0.15) is 0 Å². The van der Waals surface area contributed by atoms with E-state index in [2.05, 4.69) is 4.98 Å². The fraction of sp³-hybridized carbons (Fsp3) is 0.143. The largest absolute Gasteiger partial charge is 0.337 e. The van der Waals surface area contributed by atoms with Gasteiger partial charge >= 0.3 is 0 Å². The maximum atomic E-state index is 13.1. The minimum Gasteiger partial charge on any atom is -0.337 e. The summed E-state index contributed by atoms with van der Waals surface area (Å²) in [5.41, 5.74) is 0.802. The molecule has 0 aliphatic carbocycles. The molecule has 0 N–H and O–H groups in total. The van der Waals surface area contributed by atoms with E-state index in [4.69, 9.17) is 11.6 Å². The van der Waals surface area contributed by atoms with Crippen molar-refractivity contribution in [2.24, 2.45) is 0 Å². The summed E-state index contributed by atoms with van der Waals surface area (Å²) in [4.78, 5) is 17.3. The molecule has 0 atom stereocenters. The van der Waals surface area contributed by atoms with Crippen LogP contribution in [0.4, 0.5) is 8.78 Å². The Bertz CT molecular complexity index is 649. The van der Waals surface area contributed by atoms with Crippen LogP contribution in [0, 0.1) is 11.6 Å². The van der Waals surface area contributed by atoms with Crippen LogP contribution >= 0.6 is 11.6 Å². The van der Waals surface area contributed by atoms with E-state index < -0.39 is 11.6 Å². The summed E-state index contributed by atoms with van der Waals surface area (Å²) in [6.07, 6.45) is 2.84. The molecule has 0 aliphatic heterocycles. The molecule has 6 heteroatoms. The normalized spacial score (nSPS) is 10.4. The molecule has 1 aromatic carbocycles. The zero-order chi connectivity index (χ0) is 14.7. The van der Waals surface area contributed by atoms with Crippen molar-refractivity contribution < 1.29 is 13.6 Å². The molecule has 1 aromatic heterocycles. The number of hydrogen-bond donors (Lipinski definition) is 0. The Kier molecular flexibility index (Phi) is 4.29. The Morgan fingerprint density at radius 3 is 2.70 bits per heavy atom. The van der Waals surface area contributed by atoms with Crippen molar-refractivity contribution in [2.75, 3.05) is 7.05 Å². The van der Waals surface area contributed by atoms with Crippen LogP contribution in [0.2, 0.25) is 5.02 Å². The van der Waals surface area contributed by atoms with Crippen LogP contribution < -0.4 is 0 Å². The Labute approximate surface area is 119 Å². The Hall–Kier alpha value is -2.01. The number of benzene rings is 1. The molecule has 0 aliphatic rings. The minimum atomic E-state index is -0.940. The van der Waals surface area contributed by atoms with Crippen LogP contribution in [0.1, 0.15) is 15.9 Å². The predicted octanol–water partition coefficient (Wildman–Crippen LogP) is 3.29. The smallest absolute Gasteiger partial charge is 0.255 e. The lowest BCUT2D eigenvalue weighted by Crippen LogP contribution is -2.26. The van der Waals surface area contributed by atoms with Crippen LogP contribution in [0.25, 0.3) is 0 Å². The number of pyridine rings is 1. The highest BCUT2D eigenvalue weighted by molar-refractivity contribution is 6.33. The molecule has 20 heavy (non-hydrogen) atoms. The average molecular weight is 297 g/mol. The monoisotopic (exact) mass is 296 g/mol. The summed E-state index contributed by atoms with van der Waals surface area (Å²) in [6, 6.07) is 5.03. The predicted molar refractivity (Wildman–Crippen MR) is 71.4 cm³/mol. The van der Waals surface area contributed by atoms with Gasteiger partial charge in [0.05, 0.1) is 10.6 Å². The molecule has 1 amide bonds. The molecule has 0 radical (unpaired) electrons. The molecule has 0 unspecified atom stereocenters. The molecule has 3 nitrogen and oxygen atoms in total. The van der Waals surface area contributed by atoms with Gasteiger partial charge in [-0.15, -0.1) is 0 Å². The second-order valence-corrected chi connectivity index (χ2v) is 4.67. The van der Waals surface area contributed by atoms with Crippen molar-refractivity contribution in [2.45, 2.75) is 6.54 Å². The maximum Gasteiger partial charge on any atom is 0.255 e. The second kappa shape index (κ2) is 5.96. The highest BCUT2D eigenvalue weighted by Gasteiger charge is 2.15. The summed E-state index contributed by atoms with van der Waals surface area (Å²) in [5, 5.41) is 0.245. The van der Waals surface area contributed by atoms with Gasteiger partial charge in [0, 0.05) is 26.0 Å². The topological polar surface area (TPSA) is 33.2 Å². The third-order valence-electron chi connectivity index (χ3n) is 2.75.